The number of amides is 2. The normalized spacial score (nSPS) is 15.1. The fraction of sp³-hybridized carbons (Fsp3) is 0.129. The van der Waals surface area contributed by atoms with Gasteiger partial charge in [-0.2, -0.15) is 0 Å². The number of hydrogen-bond donors (Lipinski definition) is 0. The molecule has 0 spiro atoms. The number of para-hydroxylation sites is 1. The second-order valence-electron chi connectivity index (χ2n) is 8.72. The fourth-order valence-corrected chi connectivity index (χ4v) is 5.06. The molecular weight excluding hydrogens is 478 g/mol. The van der Waals surface area contributed by atoms with Crippen molar-refractivity contribution in [2.45, 2.75) is 13.8 Å². The molecule has 4 aromatic carbocycles. The number of carbonyl (C=O) groups is 2. The van der Waals surface area contributed by atoms with E-state index < -0.39 is 11.8 Å². The number of anilines is 3. The zero-order valence-electron chi connectivity index (χ0n) is 20.8. The Balaban J connectivity index is 1.64. The Morgan fingerprint density at radius 1 is 0.730 bits per heavy atom. The van der Waals surface area contributed by atoms with Gasteiger partial charge < -0.3 is 4.90 Å². The van der Waals surface area contributed by atoms with Crippen molar-refractivity contribution in [1.29, 1.82) is 0 Å². The van der Waals surface area contributed by atoms with Crippen molar-refractivity contribution in [2.75, 3.05) is 27.8 Å². The highest BCUT2D eigenvalue weighted by Gasteiger charge is 2.41. The molecule has 4 aromatic rings. The monoisotopic (exact) mass is 505 g/mol. The van der Waals surface area contributed by atoms with Crippen molar-refractivity contribution in [3.63, 3.8) is 0 Å². The van der Waals surface area contributed by atoms with E-state index in [-0.39, 0.29) is 10.7 Å². The topological polar surface area (TPSA) is 43.9 Å². The molecule has 2 amide bonds. The van der Waals surface area contributed by atoms with Gasteiger partial charge in [-0.1, -0.05) is 66.7 Å². The predicted molar refractivity (Wildman–Crippen MR) is 156 cm³/mol. The van der Waals surface area contributed by atoms with E-state index in [1.165, 1.54) is 9.80 Å². The molecule has 1 aliphatic rings. The van der Waals surface area contributed by atoms with Gasteiger partial charge in [-0.15, -0.1) is 0 Å². The highest BCUT2D eigenvalue weighted by molar-refractivity contribution is 7.81. The number of benzene rings is 4. The van der Waals surface area contributed by atoms with Crippen molar-refractivity contribution >= 4 is 63.1 Å². The van der Waals surface area contributed by atoms with Crippen molar-refractivity contribution < 1.29 is 9.59 Å². The van der Waals surface area contributed by atoms with E-state index >= 15 is 0 Å². The molecule has 0 unspecified atom stereocenters. The maximum absolute atomic E-state index is 14.0. The Kier molecular flexibility index (Phi) is 6.84. The summed E-state index contributed by atoms with van der Waals surface area (Å²) >= 11 is 5.80. The molecule has 0 aromatic heterocycles. The van der Waals surface area contributed by atoms with E-state index in [4.69, 9.17) is 12.2 Å². The van der Waals surface area contributed by atoms with Crippen molar-refractivity contribution in [3.8, 4) is 0 Å². The van der Waals surface area contributed by atoms with Gasteiger partial charge in [0.05, 0.1) is 11.4 Å². The SMILES string of the molecule is CCN(CC)c1ccc(/C=C2/C(=O)N(c3ccccc3)C(=S)N(c3cccc4ccccc34)C2=O)cc1. The van der Waals surface area contributed by atoms with Crippen LogP contribution in [0.2, 0.25) is 0 Å². The third-order valence-electron chi connectivity index (χ3n) is 6.60. The zero-order chi connectivity index (χ0) is 25.9. The van der Waals surface area contributed by atoms with Crippen molar-refractivity contribution in [3.05, 3.63) is 108 Å². The van der Waals surface area contributed by atoms with Crippen LogP contribution in [0.25, 0.3) is 16.8 Å². The largest absolute Gasteiger partial charge is 0.372 e. The number of thiocarbonyl (C=S) groups is 1. The Bertz CT molecular complexity index is 1500. The minimum atomic E-state index is -0.439. The number of carbonyl (C=O) groups excluding carboxylic acids is 2. The predicted octanol–water partition coefficient (Wildman–Crippen LogP) is 6.43. The van der Waals surface area contributed by atoms with Gasteiger partial charge >= 0.3 is 0 Å². The summed E-state index contributed by atoms with van der Waals surface area (Å²) in [6.07, 6.45) is 1.66. The summed E-state index contributed by atoms with van der Waals surface area (Å²) in [6, 6.07) is 30.7. The highest BCUT2D eigenvalue weighted by atomic mass is 32.1. The first-order valence-electron chi connectivity index (χ1n) is 12.4. The third-order valence-corrected chi connectivity index (χ3v) is 6.97. The molecule has 0 bridgehead atoms. The summed E-state index contributed by atoms with van der Waals surface area (Å²) in [6.45, 7) is 6.03. The van der Waals surface area contributed by atoms with Crippen LogP contribution in [0.4, 0.5) is 17.1 Å². The molecule has 5 nitrogen and oxygen atoms in total. The van der Waals surface area contributed by atoms with E-state index in [2.05, 4.69) is 18.7 Å². The summed E-state index contributed by atoms with van der Waals surface area (Å²) < 4.78 is 0. The summed E-state index contributed by atoms with van der Waals surface area (Å²) in [5.74, 6) is -0.878. The Morgan fingerprint density at radius 3 is 2.05 bits per heavy atom. The molecular formula is C31H27N3O2S. The minimum absolute atomic E-state index is 0.0565. The average Bonchev–Trinajstić information content (AvgIpc) is 2.93. The van der Waals surface area contributed by atoms with Crippen LogP contribution in [-0.4, -0.2) is 30.0 Å². The van der Waals surface area contributed by atoms with Gasteiger partial charge in [0.25, 0.3) is 11.8 Å². The van der Waals surface area contributed by atoms with Gasteiger partial charge in [-0.25, -0.2) is 0 Å². The molecule has 184 valence electrons. The molecule has 1 saturated heterocycles. The molecule has 1 fully saturated rings. The minimum Gasteiger partial charge on any atom is -0.372 e. The average molecular weight is 506 g/mol. The maximum atomic E-state index is 14.0. The lowest BCUT2D eigenvalue weighted by molar-refractivity contribution is -0.120. The van der Waals surface area contributed by atoms with Gasteiger partial charge in [-0.05, 0) is 73.4 Å². The summed E-state index contributed by atoms with van der Waals surface area (Å²) in [7, 11) is 0. The van der Waals surface area contributed by atoms with Crippen LogP contribution in [0.3, 0.4) is 0 Å². The van der Waals surface area contributed by atoms with E-state index in [1.807, 2.05) is 97.1 Å². The second kappa shape index (κ2) is 10.4. The highest BCUT2D eigenvalue weighted by Crippen LogP contribution is 2.34. The van der Waals surface area contributed by atoms with Crippen molar-refractivity contribution in [2.24, 2.45) is 0 Å². The molecule has 37 heavy (non-hydrogen) atoms. The van der Waals surface area contributed by atoms with Crippen LogP contribution in [-0.2, 0) is 9.59 Å². The van der Waals surface area contributed by atoms with Crippen LogP contribution in [0.15, 0.2) is 103 Å². The lowest BCUT2D eigenvalue weighted by Gasteiger charge is -2.37. The third kappa shape index (κ3) is 4.52. The number of hydrogen-bond acceptors (Lipinski definition) is 4. The van der Waals surface area contributed by atoms with E-state index in [0.29, 0.717) is 11.4 Å². The summed E-state index contributed by atoms with van der Waals surface area (Å²) in [4.78, 5) is 32.9. The summed E-state index contributed by atoms with van der Waals surface area (Å²) in [5.41, 5.74) is 3.17. The van der Waals surface area contributed by atoms with E-state index in [1.54, 1.807) is 6.08 Å². The lowest BCUT2D eigenvalue weighted by atomic mass is 10.0. The quantitative estimate of drug-likeness (QED) is 0.172. The van der Waals surface area contributed by atoms with E-state index in [0.717, 1.165) is 35.1 Å². The molecule has 5 rings (SSSR count). The zero-order valence-corrected chi connectivity index (χ0v) is 21.6. The number of fused-ring (bicyclic) bond motifs is 1. The fourth-order valence-electron chi connectivity index (χ4n) is 4.69. The van der Waals surface area contributed by atoms with Gasteiger partial charge in [0.15, 0.2) is 5.11 Å². The molecule has 0 radical (unpaired) electrons. The van der Waals surface area contributed by atoms with Gasteiger partial charge in [0, 0.05) is 24.2 Å². The molecule has 0 N–H and O–H groups in total. The maximum Gasteiger partial charge on any atom is 0.270 e. The van der Waals surface area contributed by atoms with Gasteiger partial charge in [0.1, 0.15) is 5.57 Å². The molecule has 0 atom stereocenters. The lowest BCUT2D eigenvalue weighted by Crippen LogP contribution is -2.57. The van der Waals surface area contributed by atoms with Crippen molar-refractivity contribution in [1.82, 2.24) is 0 Å². The van der Waals surface area contributed by atoms with Crippen LogP contribution in [0.1, 0.15) is 19.4 Å². The first-order valence-corrected chi connectivity index (χ1v) is 12.8. The van der Waals surface area contributed by atoms with Crippen LogP contribution >= 0.6 is 12.2 Å². The summed E-state index contributed by atoms with van der Waals surface area (Å²) in [5, 5.41) is 1.99. The Labute approximate surface area is 222 Å². The van der Waals surface area contributed by atoms with Crippen LogP contribution in [0.5, 0.6) is 0 Å². The molecule has 6 heteroatoms. The van der Waals surface area contributed by atoms with Crippen LogP contribution < -0.4 is 14.7 Å². The van der Waals surface area contributed by atoms with Gasteiger partial charge in [-0.3, -0.25) is 19.4 Å². The van der Waals surface area contributed by atoms with E-state index in [9.17, 15) is 9.59 Å². The standard InChI is InChI=1S/C31H27N3O2S/c1-3-32(4-2)24-19-17-22(18-20-24)21-27-29(35)33(25-13-6-5-7-14-25)31(37)34(30(27)36)28-16-10-12-23-11-8-9-15-26(23)28/h5-21H,3-4H2,1-2H3/b27-21-. The first kappa shape index (κ1) is 24.4. The molecule has 0 aliphatic carbocycles. The molecule has 0 saturated carbocycles. The number of rotatable bonds is 6. The molecule has 1 aliphatic heterocycles. The van der Waals surface area contributed by atoms with Gasteiger partial charge in [0.2, 0.25) is 0 Å². The smallest absolute Gasteiger partial charge is 0.270 e. The van der Waals surface area contributed by atoms with Crippen LogP contribution in [0, 0.1) is 0 Å². The molecule has 1 heterocycles. The Hall–Kier alpha value is -4.29. The Morgan fingerprint density at radius 2 is 1.35 bits per heavy atom. The first-order chi connectivity index (χ1) is 18.0. The number of nitrogens with zero attached hydrogens (tertiary/aromatic N) is 3. The second-order valence-corrected chi connectivity index (χ2v) is 9.08.